The highest BCUT2D eigenvalue weighted by Crippen LogP contribution is 2.21. The predicted molar refractivity (Wildman–Crippen MR) is 110 cm³/mol. The van der Waals surface area contributed by atoms with Crippen molar-refractivity contribution < 1.29 is 4.74 Å². The smallest absolute Gasteiger partial charge is 0.194 e. The number of nitrogens with zero attached hydrogens (tertiary/aromatic N) is 7. The van der Waals surface area contributed by atoms with Crippen LogP contribution in [0.3, 0.4) is 0 Å². The van der Waals surface area contributed by atoms with Gasteiger partial charge < -0.3 is 15.0 Å². The van der Waals surface area contributed by atoms with Gasteiger partial charge in [-0.2, -0.15) is 5.10 Å². The molecule has 9 heteroatoms. The molecule has 0 radical (unpaired) electrons. The molecule has 1 N–H and O–H groups in total. The van der Waals surface area contributed by atoms with Crippen molar-refractivity contribution >= 4 is 5.96 Å². The molecule has 0 amide bonds. The normalized spacial score (nSPS) is 17.6. The number of rotatable bonds is 4. The number of imidazole rings is 1. The van der Waals surface area contributed by atoms with Crippen LogP contribution in [-0.4, -0.2) is 61.9 Å². The summed E-state index contributed by atoms with van der Waals surface area (Å²) >= 11 is 0. The Bertz CT molecular complexity index is 975. The van der Waals surface area contributed by atoms with Crippen LogP contribution >= 0.6 is 0 Å². The third-order valence-electron chi connectivity index (χ3n) is 5.01. The molecule has 9 nitrogen and oxygen atoms in total. The van der Waals surface area contributed by atoms with E-state index < -0.39 is 0 Å². The van der Waals surface area contributed by atoms with E-state index in [0.717, 1.165) is 41.8 Å². The molecule has 4 heterocycles. The first-order valence-corrected chi connectivity index (χ1v) is 9.65. The van der Waals surface area contributed by atoms with Gasteiger partial charge in [0.05, 0.1) is 19.3 Å². The number of aliphatic imine (C=N–C) groups is 1. The monoisotopic (exact) mass is 394 g/mol. The van der Waals surface area contributed by atoms with Gasteiger partial charge in [0.15, 0.2) is 5.96 Å². The molecule has 0 bridgehead atoms. The fraction of sp³-hybridized carbons (Fsp3) is 0.400. The molecule has 3 aromatic heterocycles. The van der Waals surface area contributed by atoms with Crippen LogP contribution in [0.4, 0.5) is 0 Å². The molecular weight excluding hydrogens is 368 g/mol. The Morgan fingerprint density at radius 3 is 2.86 bits per heavy atom. The molecule has 0 spiro atoms. The summed E-state index contributed by atoms with van der Waals surface area (Å²) < 4.78 is 9.69. The molecular formula is C20H26N8O. The predicted octanol–water partition coefficient (Wildman–Crippen LogP) is 1.46. The number of nitrogens with one attached hydrogen (secondary N) is 1. The maximum atomic E-state index is 5.93. The zero-order valence-electron chi connectivity index (χ0n) is 17.0. The minimum Gasteiger partial charge on any atom is -0.370 e. The van der Waals surface area contributed by atoms with E-state index in [2.05, 4.69) is 36.3 Å². The highest BCUT2D eigenvalue weighted by atomic mass is 16.5. The number of aromatic nitrogens is 5. The van der Waals surface area contributed by atoms with Crippen LogP contribution in [0.25, 0.3) is 5.82 Å². The van der Waals surface area contributed by atoms with Crippen LogP contribution in [0.5, 0.6) is 0 Å². The van der Waals surface area contributed by atoms with Gasteiger partial charge in [-0.15, -0.1) is 0 Å². The van der Waals surface area contributed by atoms with Gasteiger partial charge in [0.25, 0.3) is 0 Å². The van der Waals surface area contributed by atoms with Crippen LogP contribution < -0.4 is 5.32 Å². The Morgan fingerprint density at radius 2 is 2.21 bits per heavy atom. The number of ether oxygens (including phenoxy) is 1. The Kier molecular flexibility index (Phi) is 5.57. The lowest BCUT2D eigenvalue weighted by Crippen LogP contribution is -2.47. The average Bonchev–Trinajstić information content (AvgIpc) is 3.37. The fourth-order valence-corrected chi connectivity index (χ4v) is 3.45. The summed E-state index contributed by atoms with van der Waals surface area (Å²) in [5.74, 6) is 2.64. The van der Waals surface area contributed by atoms with Gasteiger partial charge in [0.2, 0.25) is 0 Å². The van der Waals surface area contributed by atoms with Crippen molar-refractivity contribution in [2.45, 2.75) is 19.6 Å². The van der Waals surface area contributed by atoms with E-state index in [-0.39, 0.29) is 6.10 Å². The Labute approximate surface area is 170 Å². The molecule has 29 heavy (non-hydrogen) atoms. The maximum Gasteiger partial charge on any atom is 0.194 e. The molecule has 4 rings (SSSR count). The molecule has 0 aliphatic carbocycles. The first kappa shape index (κ1) is 19.1. The van der Waals surface area contributed by atoms with Crippen molar-refractivity contribution in [3.05, 3.63) is 60.1 Å². The van der Waals surface area contributed by atoms with Gasteiger partial charge in [0, 0.05) is 57.5 Å². The van der Waals surface area contributed by atoms with E-state index in [1.807, 2.05) is 49.4 Å². The number of aryl methyl sites for hydroxylation is 2. The van der Waals surface area contributed by atoms with Gasteiger partial charge in [-0.05, 0) is 18.6 Å². The SMILES string of the molecule is CN=C(NCc1ccc(-n2ccnc2C)nc1)N1CCOC(c2cnn(C)c2)C1. The third-order valence-corrected chi connectivity index (χ3v) is 5.01. The summed E-state index contributed by atoms with van der Waals surface area (Å²) in [6.07, 6.45) is 9.42. The van der Waals surface area contributed by atoms with Gasteiger partial charge in [0.1, 0.15) is 17.7 Å². The molecule has 3 aromatic rings. The lowest BCUT2D eigenvalue weighted by atomic mass is 10.1. The molecule has 152 valence electrons. The van der Waals surface area contributed by atoms with E-state index in [9.17, 15) is 0 Å². The van der Waals surface area contributed by atoms with Crippen molar-refractivity contribution in [3.8, 4) is 5.82 Å². The average molecular weight is 394 g/mol. The van der Waals surface area contributed by atoms with Crippen molar-refractivity contribution in [2.75, 3.05) is 26.7 Å². The van der Waals surface area contributed by atoms with E-state index >= 15 is 0 Å². The van der Waals surface area contributed by atoms with Gasteiger partial charge in [-0.3, -0.25) is 14.2 Å². The summed E-state index contributed by atoms with van der Waals surface area (Å²) in [6.45, 7) is 4.80. The summed E-state index contributed by atoms with van der Waals surface area (Å²) in [4.78, 5) is 15.5. The molecule has 1 aliphatic heterocycles. The molecule has 0 saturated carbocycles. The van der Waals surface area contributed by atoms with Crippen molar-refractivity contribution in [1.82, 2.24) is 34.5 Å². The van der Waals surface area contributed by atoms with E-state index in [1.165, 1.54) is 0 Å². The minimum absolute atomic E-state index is 0.00429. The van der Waals surface area contributed by atoms with Gasteiger partial charge >= 0.3 is 0 Å². The molecule has 1 fully saturated rings. The number of morpholine rings is 1. The van der Waals surface area contributed by atoms with Crippen molar-refractivity contribution in [2.24, 2.45) is 12.0 Å². The number of hydrogen-bond acceptors (Lipinski definition) is 5. The summed E-state index contributed by atoms with van der Waals surface area (Å²) in [7, 11) is 3.72. The quantitative estimate of drug-likeness (QED) is 0.533. The van der Waals surface area contributed by atoms with Gasteiger partial charge in [-0.1, -0.05) is 6.07 Å². The third kappa shape index (κ3) is 4.29. The molecule has 0 aromatic carbocycles. The van der Waals surface area contributed by atoms with Gasteiger partial charge in [-0.25, -0.2) is 9.97 Å². The fourth-order valence-electron chi connectivity index (χ4n) is 3.45. The van der Waals surface area contributed by atoms with E-state index in [1.54, 1.807) is 17.9 Å². The van der Waals surface area contributed by atoms with Crippen molar-refractivity contribution in [3.63, 3.8) is 0 Å². The number of hydrogen-bond donors (Lipinski definition) is 1. The largest absolute Gasteiger partial charge is 0.370 e. The van der Waals surface area contributed by atoms with E-state index in [0.29, 0.717) is 13.2 Å². The minimum atomic E-state index is -0.00429. The summed E-state index contributed by atoms with van der Waals surface area (Å²) in [5, 5.41) is 7.69. The first-order chi connectivity index (χ1) is 14.1. The molecule has 1 saturated heterocycles. The summed E-state index contributed by atoms with van der Waals surface area (Å²) in [6, 6.07) is 4.07. The van der Waals surface area contributed by atoms with Crippen molar-refractivity contribution in [1.29, 1.82) is 0 Å². The van der Waals surface area contributed by atoms with Crippen LogP contribution in [-0.2, 0) is 18.3 Å². The Balaban J connectivity index is 1.37. The Morgan fingerprint density at radius 1 is 1.31 bits per heavy atom. The lowest BCUT2D eigenvalue weighted by molar-refractivity contribution is -0.00805. The highest BCUT2D eigenvalue weighted by Gasteiger charge is 2.25. The molecule has 1 atom stereocenters. The second kappa shape index (κ2) is 8.44. The zero-order chi connectivity index (χ0) is 20.2. The standard InChI is InChI=1S/C20H26N8O/c1-15-22-6-7-28(15)19-5-4-16(10-23-19)11-24-20(21-2)27-8-9-29-18(14-27)17-12-25-26(3)13-17/h4-7,10,12-13,18H,8-9,11,14H2,1-3H3,(H,21,24). The zero-order valence-corrected chi connectivity index (χ0v) is 17.0. The summed E-state index contributed by atoms with van der Waals surface area (Å²) in [5.41, 5.74) is 2.17. The molecule has 1 unspecified atom stereocenters. The number of guanidine groups is 1. The van der Waals surface area contributed by atoms with Crippen LogP contribution in [0.15, 0.2) is 48.1 Å². The molecule has 1 aliphatic rings. The lowest BCUT2D eigenvalue weighted by Gasteiger charge is -2.34. The first-order valence-electron chi connectivity index (χ1n) is 9.65. The second-order valence-electron chi connectivity index (χ2n) is 7.02. The van der Waals surface area contributed by atoms with Crippen LogP contribution in [0.2, 0.25) is 0 Å². The highest BCUT2D eigenvalue weighted by molar-refractivity contribution is 5.80. The van der Waals surface area contributed by atoms with Crippen LogP contribution in [0, 0.1) is 6.92 Å². The van der Waals surface area contributed by atoms with E-state index in [4.69, 9.17) is 4.74 Å². The number of pyridine rings is 1. The Hall–Kier alpha value is -3.20. The second-order valence-corrected chi connectivity index (χ2v) is 7.02. The maximum absolute atomic E-state index is 5.93. The topological polar surface area (TPSA) is 85.4 Å². The van der Waals surface area contributed by atoms with Crippen LogP contribution in [0.1, 0.15) is 23.1 Å².